The molecule has 0 amide bonds. The lowest BCUT2D eigenvalue weighted by Crippen LogP contribution is -2.55. The Morgan fingerprint density at radius 2 is 1.34 bits per heavy atom. The average molecular weight is 495 g/mol. The molecule has 0 aromatic rings. The summed E-state index contributed by atoms with van der Waals surface area (Å²) in [6.07, 6.45) is 7.25. The van der Waals surface area contributed by atoms with Crippen LogP contribution in [0.15, 0.2) is 0 Å². The summed E-state index contributed by atoms with van der Waals surface area (Å²) in [6, 6.07) is 0. The van der Waals surface area contributed by atoms with Crippen molar-refractivity contribution in [1.82, 2.24) is 9.80 Å². The topological polar surface area (TPSA) is 59.1 Å². The molecule has 2 saturated heterocycles. The largest absolute Gasteiger partial charge is 0.462 e. The summed E-state index contributed by atoms with van der Waals surface area (Å²) in [4.78, 5) is 30.6. The minimum atomic E-state index is -0.475. The summed E-state index contributed by atoms with van der Waals surface area (Å²) in [7, 11) is 0. The Kier molecular flexibility index (Phi) is 9.88. The number of unbranched alkanes of at least 4 members (excludes halogenated alkanes) is 2. The summed E-state index contributed by atoms with van der Waals surface area (Å²) >= 11 is 0. The highest BCUT2D eigenvalue weighted by Gasteiger charge is 2.53. The normalized spacial score (nSPS) is 27.8. The van der Waals surface area contributed by atoms with Crippen molar-refractivity contribution < 1.29 is 19.1 Å². The molecule has 204 valence electrons. The Morgan fingerprint density at radius 3 is 1.94 bits per heavy atom. The molecule has 0 aliphatic carbocycles. The molecule has 0 radical (unpaired) electrons. The molecule has 2 fully saturated rings. The monoisotopic (exact) mass is 494 g/mol. The first-order valence-corrected chi connectivity index (χ1v) is 14.0. The van der Waals surface area contributed by atoms with Crippen molar-refractivity contribution in [2.24, 2.45) is 0 Å². The van der Waals surface area contributed by atoms with E-state index < -0.39 is 11.9 Å². The van der Waals surface area contributed by atoms with Crippen LogP contribution in [0.3, 0.4) is 0 Å². The van der Waals surface area contributed by atoms with Gasteiger partial charge in [0.2, 0.25) is 0 Å². The first kappa shape index (κ1) is 30.1. The van der Waals surface area contributed by atoms with Crippen molar-refractivity contribution in [1.29, 1.82) is 0 Å². The van der Waals surface area contributed by atoms with Crippen molar-refractivity contribution in [3.63, 3.8) is 0 Å². The van der Waals surface area contributed by atoms with Crippen LogP contribution in [0, 0.1) is 0 Å². The fourth-order valence-electron chi connectivity index (χ4n) is 6.78. The van der Waals surface area contributed by atoms with Gasteiger partial charge in [-0.15, -0.1) is 0 Å². The van der Waals surface area contributed by atoms with Gasteiger partial charge in [0.1, 0.15) is 18.6 Å². The fraction of sp³-hybridized carbons (Fsp3) is 0.931. The van der Waals surface area contributed by atoms with Crippen LogP contribution in [0.4, 0.5) is 0 Å². The van der Waals surface area contributed by atoms with Crippen LogP contribution in [0.25, 0.3) is 0 Å². The van der Waals surface area contributed by atoms with Crippen LogP contribution in [0.5, 0.6) is 0 Å². The van der Waals surface area contributed by atoms with Gasteiger partial charge in [0.15, 0.2) is 0 Å². The average Bonchev–Trinajstić information content (AvgIpc) is 2.81. The van der Waals surface area contributed by atoms with E-state index in [9.17, 15) is 9.59 Å². The molecule has 2 unspecified atom stereocenters. The second-order valence-electron chi connectivity index (χ2n) is 13.3. The molecule has 2 atom stereocenters. The Balaban J connectivity index is 1.96. The third-order valence-electron chi connectivity index (χ3n) is 8.46. The number of rotatable bonds is 10. The van der Waals surface area contributed by atoms with Gasteiger partial charge in [-0.25, -0.2) is 0 Å². The van der Waals surface area contributed by atoms with Crippen LogP contribution in [-0.4, -0.2) is 69.2 Å². The lowest BCUT2D eigenvalue weighted by molar-refractivity contribution is -0.163. The van der Waals surface area contributed by atoms with E-state index in [2.05, 4.69) is 79.0 Å². The molecule has 0 aromatic carbocycles. The highest BCUT2D eigenvalue weighted by atomic mass is 16.6. The number of ether oxygens (including phenoxy) is 2. The molecule has 0 N–H and O–H groups in total. The van der Waals surface area contributed by atoms with Crippen molar-refractivity contribution in [2.45, 2.75) is 161 Å². The van der Waals surface area contributed by atoms with Crippen LogP contribution in [0.2, 0.25) is 0 Å². The molecule has 6 heteroatoms. The summed E-state index contributed by atoms with van der Waals surface area (Å²) in [5.41, 5.74) is -0.353. The molecule has 35 heavy (non-hydrogen) atoms. The molecule has 6 nitrogen and oxygen atoms in total. The number of likely N-dealkylation sites (tertiary alicyclic amines) is 2. The molecule has 2 heterocycles. The van der Waals surface area contributed by atoms with Crippen LogP contribution in [-0.2, 0) is 19.1 Å². The van der Waals surface area contributed by atoms with Crippen LogP contribution >= 0.6 is 0 Å². The van der Waals surface area contributed by atoms with Gasteiger partial charge in [0, 0.05) is 29.5 Å². The predicted octanol–water partition coefficient (Wildman–Crippen LogP) is 6.11. The van der Waals surface area contributed by atoms with E-state index in [1.54, 1.807) is 0 Å². The second-order valence-corrected chi connectivity index (χ2v) is 13.3. The lowest BCUT2D eigenvalue weighted by atomic mass is 9.91. The lowest BCUT2D eigenvalue weighted by Gasteiger charge is -2.47. The number of carbonyl (C=O) groups is 2. The number of carbonyl (C=O) groups excluding carboxylic acids is 2. The predicted molar refractivity (Wildman–Crippen MR) is 142 cm³/mol. The van der Waals surface area contributed by atoms with E-state index in [1.807, 2.05) is 0 Å². The van der Waals surface area contributed by atoms with E-state index in [4.69, 9.17) is 9.47 Å². The van der Waals surface area contributed by atoms with Gasteiger partial charge >= 0.3 is 11.9 Å². The maximum atomic E-state index is 12.8. The van der Waals surface area contributed by atoms with E-state index in [1.165, 1.54) is 19.3 Å². The second kappa shape index (κ2) is 11.5. The highest BCUT2D eigenvalue weighted by molar-refractivity contribution is 5.91. The van der Waals surface area contributed by atoms with Gasteiger partial charge < -0.3 is 9.47 Å². The minimum Gasteiger partial charge on any atom is -0.462 e. The number of esters is 2. The highest BCUT2D eigenvalue weighted by Crippen LogP contribution is 2.43. The summed E-state index contributed by atoms with van der Waals surface area (Å²) in [5.74, 6) is -0.940. The molecule has 0 aromatic heterocycles. The van der Waals surface area contributed by atoms with Gasteiger partial charge in [-0.05, 0) is 94.2 Å². The fourth-order valence-corrected chi connectivity index (χ4v) is 6.78. The molecular weight excluding hydrogens is 440 g/mol. The summed E-state index contributed by atoms with van der Waals surface area (Å²) in [5, 5.41) is 0. The summed E-state index contributed by atoms with van der Waals surface area (Å²) in [6.45, 7) is 24.2. The Hall–Kier alpha value is -1.14. The van der Waals surface area contributed by atoms with Gasteiger partial charge in [0.25, 0.3) is 0 Å². The Labute approximate surface area is 215 Å². The maximum Gasteiger partial charge on any atom is 0.317 e. The molecular formula is C29H54N2O4. The van der Waals surface area contributed by atoms with Crippen molar-refractivity contribution >= 4 is 11.9 Å². The Bertz CT molecular complexity index is 728. The zero-order valence-electron chi connectivity index (χ0n) is 24.5. The standard InChI is InChI=1S/C29H54N2O4/c1-11-13-14-18-30-26(3,4)16-15-22(20-27(30,5)6)34-24(32)19-25(33)35-23-21-28(7,8)31(17-12-2)29(23,9)10/h22-23H,11-21H2,1-10H3. The van der Waals surface area contributed by atoms with E-state index >= 15 is 0 Å². The van der Waals surface area contributed by atoms with Crippen LogP contribution in [0.1, 0.15) is 127 Å². The van der Waals surface area contributed by atoms with Gasteiger partial charge in [-0.2, -0.15) is 0 Å². The van der Waals surface area contributed by atoms with E-state index in [0.717, 1.165) is 45.2 Å². The van der Waals surface area contributed by atoms with E-state index in [-0.39, 0.29) is 40.8 Å². The third-order valence-corrected chi connectivity index (χ3v) is 8.46. The van der Waals surface area contributed by atoms with E-state index in [0.29, 0.717) is 0 Å². The van der Waals surface area contributed by atoms with Crippen molar-refractivity contribution in [3.8, 4) is 0 Å². The van der Waals surface area contributed by atoms with Crippen molar-refractivity contribution in [3.05, 3.63) is 0 Å². The molecule has 0 saturated carbocycles. The molecule has 0 bridgehead atoms. The molecule has 2 rings (SSSR count). The third kappa shape index (κ3) is 7.44. The quantitative estimate of drug-likeness (QED) is 0.208. The summed E-state index contributed by atoms with van der Waals surface area (Å²) < 4.78 is 11.8. The van der Waals surface area contributed by atoms with Gasteiger partial charge in [0.05, 0.1) is 5.54 Å². The van der Waals surface area contributed by atoms with Crippen molar-refractivity contribution in [2.75, 3.05) is 13.1 Å². The molecule has 2 aliphatic heterocycles. The van der Waals surface area contributed by atoms with Gasteiger partial charge in [-0.3, -0.25) is 19.4 Å². The zero-order valence-corrected chi connectivity index (χ0v) is 24.5. The molecule has 2 aliphatic rings. The Morgan fingerprint density at radius 1 is 0.743 bits per heavy atom. The first-order valence-electron chi connectivity index (χ1n) is 14.0. The smallest absolute Gasteiger partial charge is 0.317 e. The minimum absolute atomic E-state index is 0.0442. The molecule has 0 spiro atoms. The zero-order chi connectivity index (χ0) is 26.7. The SMILES string of the molecule is CCCCCN1C(C)(C)CCC(OC(=O)CC(=O)OC2CC(C)(C)N(CCC)C2(C)C)CC1(C)C. The first-order chi connectivity index (χ1) is 16.1. The number of hydrogen-bond donors (Lipinski definition) is 0. The van der Waals surface area contributed by atoms with Crippen LogP contribution < -0.4 is 0 Å². The van der Waals surface area contributed by atoms with Gasteiger partial charge in [-0.1, -0.05) is 26.7 Å². The maximum absolute atomic E-state index is 12.8. The number of hydrogen-bond acceptors (Lipinski definition) is 6. The number of nitrogens with zero attached hydrogens (tertiary/aromatic N) is 2.